The first kappa shape index (κ1) is 25.4. The minimum absolute atomic E-state index is 0.0659. The zero-order valence-corrected chi connectivity index (χ0v) is 21.2. The summed E-state index contributed by atoms with van der Waals surface area (Å²) in [6.45, 7) is 3.94. The van der Waals surface area contributed by atoms with E-state index < -0.39 is 22.4 Å². The topological polar surface area (TPSA) is 100 Å². The van der Waals surface area contributed by atoms with Gasteiger partial charge in [-0.05, 0) is 48.4 Å². The maximum atomic E-state index is 13.1. The van der Waals surface area contributed by atoms with Crippen LogP contribution in [0.5, 0.6) is 0 Å². The fraction of sp³-hybridized carbons (Fsp3) is 0.185. The Bertz CT molecular complexity index is 1450. The third-order valence-electron chi connectivity index (χ3n) is 5.88. The Hall–Kier alpha value is -3.68. The van der Waals surface area contributed by atoms with Gasteiger partial charge in [0, 0.05) is 22.2 Å². The predicted octanol–water partition coefficient (Wildman–Crippen LogP) is 5.16. The average Bonchev–Trinajstić information content (AvgIpc) is 2.86. The Morgan fingerprint density at radius 1 is 0.917 bits per heavy atom. The maximum absolute atomic E-state index is 13.1. The average molecular weight is 523 g/mol. The molecule has 0 bridgehead atoms. The molecular weight excluding hydrogens is 499 g/mol. The number of nitrogens with zero attached hydrogens (tertiary/aromatic N) is 1. The van der Waals surface area contributed by atoms with Crippen molar-refractivity contribution in [1.29, 1.82) is 0 Å². The van der Waals surface area contributed by atoms with E-state index in [0.717, 1.165) is 5.56 Å². The molecule has 36 heavy (non-hydrogen) atoms. The highest BCUT2D eigenvalue weighted by Gasteiger charge is 2.34. The standard InChI is InChI=1S/C27H24Cl2N4O3/c1-27(2,15-16-7-4-3-5-8-16)26(33-25(36)17-10-12-18(28)13-11-17)32-21-20(22(34)23(21)35)31-19-9-6-14-30-24(19)29/h3-14,26,31-32H,15H2,1-2H3,(H,33,36). The Morgan fingerprint density at radius 3 is 2.25 bits per heavy atom. The molecule has 4 rings (SSSR count). The van der Waals surface area contributed by atoms with Crippen LogP contribution in [0, 0.1) is 5.41 Å². The summed E-state index contributed by atoms with van der Waals surface area (Å²) in [5.74, 6) is -0.353. The van der Waals surface area contributed by atoms with E-state index >= 15 is 0 Å². The number of carbonyl (C=O) groups excluding carboxylic acids is 1. The van der Waals surface area contributed by atoms with E-state index in [1.54, 1.807) is 36.4 Å². The number of carbonyl (C=O) groups is 1. The summed E-state index contributed by atoms with van der Waals surface area (Å²) >= 11 is 12.1. The van der Waals surface area contributed by atoms with Crippen LogP contribution in [0.1, 0.15) is 29.8 Å². The first-order valence-corrected chi connectivity index (χ1v) is 12.0. The van der Waals surface area contributed by atoms with Crippen molar-refractivity contribution in [2.75, 3.05) is 10.6 Å². The van der Waals surface area contributed by atoms with Crippen LogP contribution in [0.3, 0.4) is 0 Å². The van der Waals surface area contributed by atoms with E-state index in [9.17, 15) is 14.4 Å². The molecule has 1 amide bonds. The lowest BCUT2D eigenvalue weighted by Gasteiger charge is -2.37. The molecule has 3 aromatic carbocycles. The van der Waals surface area contributed by atoms with Crippen molar-refractivity contribution < 1.29 is 4.79 Å². The minimum atomic E-state index is -0.714. The molecule has 0 aliphatic rings. The molecule has 0 saturated heterocycles. The van der Waals surface area contributed by atoms with E-state index in [1.807, 2.05) is 44.2 Å². The van der Waals surface area contributed by atoms with Crippen LogP contribution in [0.15, 0.2) is 82.5 Å². The van der Waals surface area contributed by atoms with Crippen LogP contribution in [0.25, 0.3) is 0 Å². The maximum Gasteiger partial charge on any atom is 0.253 e. The van der Waals surface area contributed by atoms with Gasteiger partial charge in [-0.1, -0.05) is 67.4 Å². The lowest BCUT2D eigenvalue weighted by Crippen LogP contribution is -2.53. The zero-order chi connectivity index (χ0) is 25.9. The number of benzene rings is 2. The molecule has 0 fully saturated rings. The molecule has 0 aliphatic carbocycles. The van der Waals surface area contributed by atoms with Crippen molar-refractivity contribution in [2.24, 2.45) is 5.41 Å². The van der Waals surface area contributed by atoms with Gasteiger partial charge in [-0.15, -0.1) is 0 Å². The summed E-state index contributed by atoms with van der Waals surface area (Å²) in [6.07, 6.45) is 1.39. The van der Waals surface area contributed by atoms with E-state index in [4.69, 9.17) is 23.2 Å². The van der Waals surface area contributed by atoms with Crippen molar-refractivity contribution >= 4 is 46.2 Å². The fourth-order valence-electron chi connectivity index (χ4n) is 3.87. The summed E-state index contributed by atoms with van der Waals surface area (Å²) in [5, 5.41) is 9.68. The van der Waals surface area contributed by atoms with Crippen LogP contribution in [0.4, 0.5) is 17.1 Å². The second kappa shape index (κ2) is 10.5. The molecule has 3 N–H and O–H groups in total. The third-order valence-corrected chi connectivity index (χ3v) is 6.44. The molecule has 1 unspecified atom stereocenters. The third kappa shape index (κ3) is 5.58. The Balaban J connectivity index is 1.65. The van der Waals surface area contributed by atoms with Crippen LogP contribution >= 0.6 is 23.2 Å². The first-order valence-electron chi connectivity index (χ1n) is 11.2. The number of halogens is 2. The Labute approximate surface area is 218 Å². The van der Waals surface area contributed by atoms with Gasteiger partial charge >= 0.3 is 0 Å². The summed E-state index contributed by atoms with van der Waals surface area (Å²) < 4.78 is 0. The molecule has 0 aliphatic heterocycles. The van der Waals surface area contributed by atoms with Gasteiger partial charge in [0.1, 0.15) is 17.5 Å². The lowest BCUT2D eigenvalue weighted by atomic mass is 9.82. The fourth-order valence-corrected chi connectivity index (χ4v) is 4.17. The van der Waals surface area contributed by atoms with E-state index in [-0.39, 0.29) is 22.4 Å². The second-order valence-corrected chi connectivity index (χ2v) is 9.88. The molecule has 1 atom stereocenters. The minimum Gasteiger partial charge on any atom is -0.360 e. The smallest absolute Gasteiger partial charge is 0.253 e. The number of aromatic nitrogens is 1. The van der Waals surface area contributed by atoms with Gasteiger partial charge in [-0.3, -0.25) is 14.4 Å². The van der Waals surface area contributed by atoms with Gasteiger partial charge < -0.3 is 16.0 Å². The molecule has 184 valence electrons. The van der Waals surface area contributed by atoms with Gasteiger partial charge in [0.2, 0.25) is 0 Å². The number of anilines is 3. The van der Waals surface area contributed by atoms with Crippen molar-refractivity contribution in [2.45, 2.75) is 26.4 Å². The number of hydrogen-bond donors (Lipinski definition) is 3. The molecule has 0 radical (unpaired) electrons. The zero-order valence-electron chi connectivity index (χ0n) is 19.6. The van der Waals surface area contributed by atoms with Gasteiger partial charge in [-0.2, -0.15) is 0 Å². The molecule has 9 heteroatoms. The van der Waals surface area contributed by atoms with Crippen LogP contribution in [0.2, 0.25) is 10.2 Å². The molecule has 0 saturated carbocycles. The van der Waals surface area contributed by atoms with Crippen molar-refractivity contribution in [3.63, 3.8) is 0 Å². The monoisotopic (exact) mass is 522 g/mol. The lowest BCUT2D eigenvalue weighted by molar-refractivity contribution is 0.0907. The highest BCUT2D eigenvalue weighted by molar-refractivity contribution is 6.32. The van der Waals surface area contributed by atoms with Gasteiger partial charge in [0.15, 0.2) is 5.15 Å². The number of pyridine rings is 1. The van der Waals surface area contributed by atoms with Gasteiger partial charge in [-0.25, -0.2) is 4.98 Å². The highest BCUT2D eigenvalue weighted by atomic mass is 35.5. The second-order valence-electron chi connectivity index (χ2n) is 9.08. The number of amides is 1. The Kier molecular flexibility index (Phi) is 7.43. The van der Waals surface area contributed by atoms with E-state index in [2.05, 4.69) is 20.9 Å². The van der Waals surface area contributed by atoms with Crippen molar-refractivity contribution in [3.05, 3.63) is 115 Å². The van der Waals surface area contributed by atoms with Gasteiger partial charge in [0.25, 0.3) is 16.8 Å². The van der Waals surface area contributed by atoms with E-state index in [1.165, 1.54) is 6.20 Å². The van der Waals surface area contributed by atoms with Crippen molar-refractivity contribution in [3.8, 4) is 0 Å². The highest BCUT2D eigenvalue weighted by Crippen LogP contribution is 2.31. The van der Waals surface area contributed by atoms with Crippen LogP contribution < -0.4 is 26.8 Å². The molecule has 7 nitrogen and oxygen atoms in total. The molecule has 4 aromatic rings. The molecule has 1 heterocycles. The molecule has 1 aromatic heterocycles. The number of rotatable bonds is 9. The predicted molar refractivity (Wildman–Crippen MR) is 144 cm³/mol. The summed E-state index contributed by atoms with van der Waals surface area (Å²) in [7, 11) is 0. The molecule has 0 spiro atoms. The van der Waals surface area contributed by atoms with Crippen LogP contribution in [-0.4, -0.2) is 17.1 Å². The number of hydrogen-bond acceptors (Lipinski definition) is 6. The van der Waals surface area contributed by atoms with Crippen LogP contribution in [-0.2, 0) is 6.42 Å². The number of nitrogens with one attached hydrogen (secondary N) is 3. The van der Waals surface area contributed by atoms with Crippen molar-refractivity contribution in [1.82, 2.24) is 10.3 Å². The summed E-state index contributed by atoms with van der Waals surface area (Å²) in [6, 6.07) is 19.6. The first-order chi connectivity index (χ1) is 17.2. The quantitative estimate of drug-likeness (QED) is 0.159. The summed E-state index contributed by atoms with van der Waals surface area (Å²) in [5.41, 5.74) is 0.0534. The SMILES string of the molecule is CC(C)(Cc1ccccc1)C(NC(=O)c1ccc(Cl)cc1)Nc1c(Nc2cccnc2Cl)c(=O)c1=O. The van der Waals surface area contributed by atoms with E-state index in [0.29, 0.717) is 22.7 Å². The normalized spacial score (nSPS) is 12.2. The Morgan fingerprint density at radius 2 is 1.58 bits per heavy atom. The largest absolute Gasteiger partial charge is 0.360 e. The summed E-state index contributed by atoms with van der Waals surface area (Å²) in [4.78, 5) is 42.1. The van der Waals surface area contributed by atoms with Gasteiger partial charge in [0.05, 0.1) is 5.69 Å². The molecular formula is C27H24Cl2N4O3.